The predicted molar refractivity (Wildman–Crippen MR) is 104 cm³/mol. The van der Waals surface area contributed by atoms with Gasteiger partial charge in [-0.05, 0) is 31.2 Å². The van der Waals surface area contributed by atoms with Crippen molar-refractivity contribution in [2.75, 3.05) is 32.9 Å². The average molecular weight is 442 g/mol. The maximum atomic E-state index is 12.2. The van der Waals surface area contributed by atoms with Gasteiger partial charge < -0.3 is 14.3 Å². The Morgan fingerprint density at radius 2 is 1.84 bits per heavy atom. The second kappa shape index (κ2) is 11.6. The van der Waals surface area contributed by atoms with E-state index in [1.807, 2.05) is 0 Å². The molecule has 0 aliphatic carbocycles. The van der Waals surface area contributed by atoms with Gasteiger partial charge in [0.15, 0.2) is 0 Å². The molecule has 0 aromatic heterocycles. The van der Waals surface area contributed by atoms with Crippen LogP contribution in [0.1, 0.15) is 26.2 Å². The summed E-state index contributed by atoms with van der Waals surface area (Å²) in [5.41, 5.74) is 0.967. The maximum Gasteiger partial charge on any atom is 0.321 e. The number of carbonyl (C=O) groups excluding carboxylic acids is 1. The first-order valence-electron chi connectivity index (χ1n) is 9.56. The van der Waals surface area contributed by atoms with Crippen LogP contribution < -0.4 is 10.4 Å². The molecule has 1 aliphatic rings. The Hall–Kier alpha value is -3.55. The van der Waals surface area contributed by atoms with E-state index in [0.29, 0.717) is 37.2 Å². The molecule has 1 N–H and O–H groups in total. The van der Waals surface area contributed by atoms with Crippen molar-refractivity contribution in [3.63, 3.8) is 0 Å². The maximum absolute atomic E-state index is 12.2. The zero-order valence-electron chi connectivity index (χ0n) is 16.9. The molecule has 170 valence electrons. The number of nitro groups is 2. The van der Waals surface area contributed by atoms with Crippen LogP contribution in [0.2, 0.25) is 0 Å². The number of nitroso groups, excluding NO2 is 1. The number of hydrogen-bond acceptors (Lipinski definition) is 9. The van der Waals surface area contributed by atoms with Crippen LogP contribution in [0.5, 0.6) is 5.75 Å². The summed E-state index contributed by atoms with van der Waals surface area (Å²) in [7, 11) is 0. The highest BCUT2D eigenvalue weighted by Gasteiger charge is 2.30. The van der Waals surface area contributed by atoms with Gasteiger partial charge in [-0.1, -0.05) is 0 Å². The normalized spacial score (nSPS) is 14.0. The van der Waals surface area contributed by atoms with Gasteiger partial charge in [-0.3, -0.25) is 25.0 Å². The number of nitrogens with one attached hydrogen (secondary N) is 1. The summed E-state index contributed by atoms with van der Waals surface area (Å²) in [5, 5.41) is 23.3. The summed E-state index contributed by atoms with van der Waals surface area (Å²) in [4.78, 5) is 48.4. The Bertz CT molecular complexity index is 811. The Morgan fingerprint density at radius 3 is 2.45 bits per heavy atom. The molecule has 1 saturated heterocycles. The van der Waals surface area contributed by atoms with E-state index in [4.69, 9.17) is 14.3 Å². The lowest BCUT2D eigenvalue weighted by Crippen LogP contribution is -2.47. The summed E-state index contributed by atoms with van der Waals surface area (Å²) in [6, 6.07) is 2.84. The van der Waals surface area contributed by atoms with E-state index < -0.39 is 21.2 Å². The topological polar surface area (TPSA) is 166 Å². The number of ether oxygens (including phenoxy) is 2. The number of piperidine rings is 1. The summed E-state index contributed by atoms with van der Waals surface area (Å²) in [6.07, 6.45) is 2.29. The quantitative estimate of drug-likeness (QED) is 0.164. The van der Waals surface area contributed by atoms with Gasteiger partial charge in [0.05, 0.1) is 46.1 Å². The number of rotatable bonds is 12. The molecule has 0 radical (unpaired) electrons. The van der Waals surface area contributed by atoms with Crippen LogP contribution in [-0.2, 0) is 14.3 Å². The van der Waals surface area contributed by atoms with E-state index in [-0.39, 0.29) is 18.3 Å². The van der Waals surface area contributed by atoms with Crippen LogP contribution in [0.4, 0.5) is 11.4 Å². The van der Waals surface area contributed by atoms with E-state index in [1.165, 1.54) is 11.9 Å². The predicted octanol–water partition coefficient (Wildman–Crippen LogP) is 1.68. The molecule has 1 aliphatic heterocycles. The van der Waals surface area contributed by atoms with Gasteiger partial charge in [-0.2, -0.15) is 0 Å². The van der Waals surface area contributed by atoms with Crippen molar-refractivity contribution in [3.8, 4) is 5.75 Å². The third-order valence-electron chi connectivity index (χ3n) is 4.63. The lowest BCUT2D eigenvalue weighted by atomic mass is 9.95. The van der Waals surface area contributed by atoms with Gasteiger partial charge in [-0.25, -0.2) is 0 Å². The first-order valence-corrected chi connectivity index (χ1v) is 9.56. The van der Waals surface area contributed by atoms with Gasteiger partial charge in [0.1, 0.15) is 6.61 Å². The minimum absolute atomic E-state index is 0.220. The van der Waals surface area contributed by atoms with E-state index >= 15 is 0 Å². The van der Waals surface area contributed by atoms with Crippen LogP contribution in [0.25, 0.3) is 0 Å². The zero-order valence-corrected chi connectivity index (χ0v) is 16.9. The van der Waals surface area contributed by atoms with E-state index in [2.05, 4.69) is 5.59 Å². The lowest BCUT2D eigenvalue weighted by molar-refractivity contribution is -0.783. The molecular formula is C17H24N5O9+. The van der Waals surface area contributed by atoms with Crippen molar-refractivity contribution in [1.82, 2.24) is 10.6 Å². The first-order chi connectivity index (χ1) is 14.8. The van der Waals surface area contributed by atoms with Gasteiger partial charge >= 0.3 is 11.7 Å². The lowest BCUT2D eigenvalue weighted by Gasteiger charge is -2.25. The molecule has 0 amide bonds. The third-order valence-corrected chi connectivity index (χ3v) is 4.63. The van der Waals surface area contributed by atoms with Crippen LogP contribution in [0, 0.1) is 31.1 Å². The van der Waals surface area contributed by atoms with Crippen molar-refractivity contribution in [2.45, 2.75) is 26.2 Å². The number of esters is 1. The summed E-state index contributed by atoms with van der Waals surface area (Å²) in [6.45, 7) is 3.30. The standard InChI is InChI=1S/C17H24N5O9/c1-13(23)30-11-10-29-9-6-14-4-7-19(8-5-14)22(28)18-31-17-3-2-15(20(24)25)12-16(17)21(26)27/h2-3,12,14H,4-11H2,1H3,(H,18,28)/q+1. The van der Waals surface area contributed by atoms with Crippen molar-refractivity contribution >= 4 is 17.3 Å². The van der Waals surface area contributed by atoms with Crippen LogP contribution >= 0.6 is 0 Å². The van der Waals surface area contributed by atoms with Crippen molar-refractivity contribution in [2.24, 2.45) is 5.92 Å². The molecule has 14 heteroatoms. The third kappa shape index (κ3) is 7.65. The van der Waals surface area contributed by atoms with Crippen LogP contribution in [0.15, 0.2) is 18.2 Å². The molecule has 1 aromatic rings. The number of benzene rings is 1. The molecule has 0 bridgehead atoms. The highest BCUT2D eigenvalue weighted by atomic mass is 16.7. The molecule has 0 spiro atoms. The molecule has 1 heterocycles. The molecule has 1 aromatic carbocycles. The molecule has 31 heavy (non-hydrogen) atoms. The molecule has 14 nitrogen and oxygen atoms in total. The number of hydrogen-bond donors (Lipinski definition) is 1. The Labute approximate surface area is 176 Å². The monoisotopic (exact) mass is 442 g/mol. The largest absolute Gasteiger partial charge is 0.463 e. The van der Waals surface area contributed by atoms with Gasteiger partial charge in [0, 0.05) is 19.6 Å². The Balaban J connectivity index is 1.73. The highest BCUT2D eigenvalue weighted by molar-refractivity contribution is 5.65. The summed E-state index contributed by atoms with van der Waals surface area (Å²) < 4.78 is 10.2. The Morgan fingerprint density at radius 1 is 1.13 bits per heavy atom. The fourth-order valence-corrected chi connectivity index (χ4v) is 2.98. The smallest absolute Gasteiger partial charge is 0.321 e. The highest BCUT2D eigenvalue weighted by Crippen LogP contribution is 2.30. The minimum Gasteiger partial charge on any atom is -0.463 e. The second-order valence-corrected chi connectivity index (χ2v) is 6.77. The molecule has 0 unspecified atom stereocenters. The molecule has 2 rings (SSSR count). The van der Waals surface area contributed by atoms with Gasteiger partial charge in [0.2, 0.25) is 5.75 Å². The fourth-order valence-electron chi connectivity index (χ4n) is 2.98. The van der Waals surface area contributed by atoms with Crippen molar-refractivity contribution < 1.29 is 33.9 Å². The van der Waals surface area contributed by atoms with E-state index in [0.717, 1.165) is 37.5 Å². The molecule has 1 fully saturated rings. The Kier molecular flexibility index (Phi) is 8.87. The molecule has 0 saturated carbocycles. The van der Waals surface area contributed by atoms with Crippen LogP contribution in [-0.4, -0.2) is 58.7 Å². The minimum atomic E-state index is -0.834. The number of nitrogens with zero attached hydrogens (tertiary/aromatic N) is 4. The SMILES string of the molecule is CC(=O)OCCOCCC1CCN([N+](=O)NOc2ccc([N+](=O)[O-])cc2[N+](=O)[O-])CC1. The van der Waals surface area contributed by atoms with Gasteiger partial charge in [0.25, 0.3) is 10.7 Å². The fraction of sp³-hybridized carbons (Fsp3) is 0.588. The molecular weight excluding hydrogens is 418 g/mol. The summed E-state index contributed by atoms with van der Waals surface area (Å²) in [5.74, 6) is -0.300. The van der Waals surface area contributed by atoms with E-state index in [9.17, 15) is 29.9 Å². The van der Waals surface area contributed by atoms with E-state index in [1.54, 1.807) is 0 Å². The molecule has 0 atom stereocenters. The zero-order chi connectivity index (χ0) is 22.8. The number of nitro benzene ring substituents is 2. The number of hydrazine groups is 2. The number of non-ortho nitro benzene ring substituents is 1. The van der Waals surface area contributed by atoms with Crippen molar-refractivity contribution in [1.29, 1.82) is 0 Å². The average Bonchev–Trinajstić information content (AvgIpc) is 2.74. The van der Waals surface area contributed by atoms with Crippen molar-refractivity contribution in [3.05, 3.63) is 43.3 Å². The first kappa shape index (κ1) is 23.7. The number of carbonyl (C=O) groups is 1. The van der Waals surface area contributed by atoms with Crippen LogP contribution in [0.3, 0.4) is 0 Å². The van der Waals surface area contributed by atoms with Gasteiger partial charge in [-0.15, -0.1) is 5.01 Å². The second-order valence-electron chi connectivity index (χ2n) is 6.77. The summed E-state index contributed by atoms with van der Waals surface area (Å²) >= 11 is 0.